The monoisotopic (exact) mass is 351 g/mol. The Hall–Kier alpha value is -1.02. The summed E-state index contributed by atoms with van der Waals surface area (Å²) in [5.41, 5.74) is 5.79. The maximum Gasteiger partial charge on any atom is 0.244 e. The normalized spacial score (nSPS) is 16.5. The zero-order valence-corrected chi connectivity index (χ0v) is 13.5. The van der Waals surface area contributed by atoms with Crippen LogP contribution in [0.1, 0.15) is 19.8 Å². The summed E-state index contributed by atoms with van der Waals surface area (Å²) in [5.74, 6) is -0.385. The van der Waals surface area contributed by atoms with Gasteiger partial charge >= 0.3 is 0 Å². The molecular weight excluding hydrogens is 337 g/mol. The molecule has 0 spiro atoms. The molecule has 21 heavy (non-hydrogen) atoms. The molecule has 4 N–H and O–H groups in total. The summed E-state index contributed by atoms with van der Waals surface area (Å²) in [6, 6.07) is 1.79. The summed E-state index contributed by atoms with van der Waals surface area (Å²) in [6.07, 6.45) is 1.83. The van der Waals surface area contributed by atoms with Crippen LogP contribution >= 0.6 is 23.2 Å². The maximum absolute atomic E-state index is 12.3. The highest BCUT2D eigenvalue weighted by Gasteiger charge is 2.30. The molecule has 0 heterocycles. The number of carbonyl (C=O) groups is 1. The van der Waals surface area contributed by atoms with E-state index in [0.29, 0.717) is 0 Å². The highest BCUT2D eigenvalue weighted by atomic mass is 35.5. The Bertz CT molecular complexity index is 651. The van der Waals surface area contributed by atoms with E-state index in [1.54, 1.807) is 0 Å². The number of hydrogen-bond donors (Lipinski definition) is 3. The lowest BCUT2D eigenvalue weighted by Crippen LogP contribution is -2.45. The van der Waals surface area contributed by atoms with Crippen LogP contribution in [-0.2, 0) is 14.8 Å². The smallest absolute Gasteiger partial charge is 0.244 e. The number of nitrogens with one attached hydrogen (secondary N) is 2. The number of anilines is 1. The molecule has 0 aliphatic heterocycles. The van der Waals surface area contributed by atoms with Crippen molar-refractivity contribution in [1.29, 1.82) is 0 Å². The molecule has 0 bridgehead atoms. The van der Waals surface area contributed by atoms with Crippen molar-refractivity contribution >= 4 is 44.8 Å². The van der Waals surface area contributed by atoms with Crippen LogP contribution in [0.4, 0.5) is 5.69 Å². The fourth-order valence-electron chi connectivity index (χ4n) is 1.74. The van der Waals surface area contributed by atoms with Gasteiger partial charge in [-0.2, -0.15) is 4.72 Å². The number of carbonyl (C=O) groups excluding carboxylic acids is 1. The predicted molar refractivity (Wildman–Crippen MR) is 81.8 cm³/mol. The van der Waals surface area contributed by atoms with Gasteiger partial charge < -0.3 is 11.1 Å². The fourth-order valence-corrected chi connectivity index (χ4v) is 4.17. The van der Waals surface area contributed by atoms with Crippen molar-refractivity contribution in [3.63, 3.8) is 0 Å². The van der Waals surface area contributed by atoms with Gasteiger partial charge in [-0.1, -0.05) is 23.2 Å². The van der Waals surface area contributed by atoms with E-state index in [2.05, 4.69) is 10.0 Å². The van der Waals surface area contributed by atoms with Gasteiger partial charge in [0.05, 0.1) is 16.1 Å². The van der Waals surface area contributed by atoms with Gasteiger partial charge in [-0.25, -0.2) is 8.42 Å². The van der Waals surface area contributed by atoms with Gasteiger partial charge in [-0.3, -0.25) is 4.79 Å². The van der Waals surface area contributed by atoms with Crippen molar-refractivity contribution in [2.24, 2.45) is 0 Å². The Labute approximate surface area is 133 Å². The first-order chi connectivity index (χ1) is 9.70. The molecule has 9 heteroatoms. The second kappa shape index (κ2) is 6.00. The zero-order valence-electron chi connectivity index (χ0n) is 11.2. The third-order valence-electron chi connectivity index (χ3n) is 2.94. The molecule has 1 aromatic rings. The summed E-state index contributed by atoms with van der Waals surface area (Å²) in [7, 11) is -4.03. The molecule has 1 saturated carbocycles. The SMILES string of the molecule is CC(NS(=O)(=O)c1c(Cl)cc(N)cc1Cl)C(=O)NC1CC1. The first-order valence-electron chi connectivity index (χ1n) is 6.28. The number of halogens is 2. The van der Waals surface area contributed by atoms with Gasteiger partial charge in [-0.05, 0) is 31.9 Å². The minimum absolute atomic E-state index is 0.0951. The summed E-state index contributed by atoms with van der Waals surface area (Å²) in [5, 5.41) is 2.52. The molecule has 0 saturated heterocycles. The highest BCUT2D eigenvalue weighted by Crippen LogP contribution is 2.31. The van der Waals surface area contributed by atoms with Crippen LogP contribution in [-0.4, -0.2) is 26.4 Å². The molecule has 1 fully saturated rings. The predicted octanol–water partition coefficient (Wildman–Crippen LogP) is 1.52. The molecule has 6 nitrogen and oxygen atoms in total. The number of amides is 1. The maximum atomic E-state index is 12.3. The molecule has 116 valence electrons. The van der Waals surface area contributed by atoms with Crippen LogP contribution in [0, 0.1) is 0 Å². The Morgan fingerprint density at radius 3 is 2.33 bits per heavy atom. The molecule has 1 aromatic carbocycles. The Morgan fingerprint density at radius 1 is 1.33 bits per heavy atom. The van der Waals surface area contributed by atoms with Gasteiger partial charge in [-0.15, -0.1) is 0 Å². The number of nitrogen functional groups attached to an aromatic ring is 1. The van der Waals surface area contributed by atoms with Crippen molar-refractivity contribution in [1.82, 2.24) is 10.0 Å². The lowest BCUT2D eigenvalue weighted by Gasteiger charge is -2.16. The van der Waals surface area contributed by atoms with E-state index >= 15 is 0 Å². The first-order valence-corrected chi connectivity index (χ1v) is 8.52. The number of benzene rings is 1. The molecule has 0 radical (unpaired) electrons. The highest BCUT2D eigenvalue weighted by molar-refractivity contribution is 7.89. The Kier molecular flexibility index (Phi) is 4.67. The average molecular weight is 352 g/mol. The van der Waals surface area contributed by atoms with Crippen LogP contribution in [0.15, 0.2) is 17.0 Å². The van der Waals surface area contributed by atoms with Gasteiger partial charge in [0.25, 0.3) is 0 Å². The second-order valence-corrected chi connectivity index (χ2v) is 7.40. The topological polar surface area (TPSA) is 101 Å². The van der Waals surface area contributed by atoms with E-state index < -0.39 is 16.1 Å². The van der Waals surface area contributed by atoms with Crippen molar-refractivity contribution in [2.75, 3.05) is 5.73 Å². The van der Waals surface area contributed by atoms with Crippen LogP contribution in [0.2, 0.25) is 10.0 Å². The number of nitrogens with two attached hydrogens (primary N) is 1. The first kappa shape index (κ1) is 16.4. The fraction of sp³-hybridized carbons (Fsp3) is 0.417. The van der Waals surface area contributed by atoms with E-state index in [9.17, 15) is 13.2 Å². The van der Waals surface area contributed by atoms with E-state index in [-0.39, 0.29) is 32.6 Å². The van der Waals surface area contributed by atoms with Crippen LogP contribution in [0.3, 0.4) is 0 Å². The largest absolute Gasteiger partial charge is 0.399 e. The zero-order chi connectivity index (χ0) is 15.8. The molecule has 1 aliphatic rings. The number of hydrogen-bond acceptors (Lipinski definition) is 4. The number of rotatable bonds is 5. The summed E-state index contributed by atoms with van der Waals surface area (Å²) in [6.45, 7) is 1.45. The van der Waals surface area contributed by atoms with E-state index in [0.717, 1.165) is 12.8 Å². The van der Waals surface area contributed by atoms with Crippen molar-refractivity contribution in [3.05, 3.63) is 22.2 Å². The summed E-state index contributed by atoms with van der Waals surface area (Å²) < 4.78 is 26.9. The van der Waals surface area contributed by atoms with Crippen LogP contribution in [0.5, 0.6) is 0 Å². The number of sulfonamides is 1. The second-order valence-electron chi connectivity index (χ2n) is 4.94. The third kappa shape index (κ3) is 4.00. The van der Waals surface area contributed by atoms with Gasteiger partial charge in [0, 0.05) is 11.7 Å². The summed E-state index contributed by atoms with van der Waals surface area (Å²) >= 11 is 11.8. The lowest BCUT2D eigenvalue weighted by molar-refractivity contribution is -0.122. The molecule has 2 rings (SSSR count). The van der Waals surface area contributed by atoms with Crippen molar-refractivity contribution in [2.45, 2.75) is 36.7 Å². The minimum atomic E-state index is -4.03. The molecule has 1 amide bonds. The lowest BCUT2D eigenvalue weighted by atomic mass is 10.3. The van der Waals surface area contributed by atoms with Crippen molar-refractivity contribution in [3.8, 4) is 0 Å². The quantitative estimate of drug-likeness (QED) is 0.700. The molecule has 0 aromatic heterocycles. The summed E-state index contributed by atoms with van der Waals surface area (Å²) in [4.78, 5) is 11.5. The molecule has 1 aliphatic carbocycles. The van der Waals surface area contributed by atoms with Gasteiger partial charge in [0.2, 0.25) is 15.9 Å². The van der Waals surface area contributed by atoms with Gasteiger partial charge in [0.1, 0.15) is 4.90 Å². The van der Waals surface area contributed by atoms with Crippen molar-refractivity contribution < 1.29 is 13.2 Å². The Balaban J connectivity index is 2.20. The van der Waals surface area contributed by atoms with Crippen LogP contribution in [0.25, 0.3) is 0 Å². The minimum Gasteiger partial charge on any atom is -0.399 e. The molecule has 1 unspecified atom stereocenters. The third-order valence-corrected chi connectivity index (χ3v) is 5.40. The van der Waals surface area contributed by atoms with E-state index in [1.807, 2.05) is 0 Å². The standard InChI is InChI=1S/C12H15Cl2N3O3S/c1-6(12(18)16-8-2-3-8)17-21(19,20)11-9(13)4-7(15)5-10(11)14/h4-6,8,17H,2-3,15H2,1H3,(H,16,18). The van der Waals surface area contributed by atoms with E-state index in [1.165, 1.54) is 19.1 Å². The van der Waals surface area contributed by atoms with E-state index in [4.69, 9.17) is 28.9 Å². The molecular formula is C12H15Cl2N3O3S. The molecule has 1 atom stereocenters. The Morgan fingerprint density at radius 2 is 1.86 bits per heavy atom. The van der Waals surface area contributed by atoms with Gasteiger partial charge in [0.15, 0.2) is 0 Å². The van der Waals surface area contributed by atoms with Crippen LogP contribution < -0.4 is 15.8 Å². The average Bonchev–Trinajstić information content (AvgIpc) is 3.09.